The number of nitro groups is 1. The van der Waals surface area contributed by atoms with E-state index in [-0.39, 0.29) is 11.3 Å². The first kappa shape index (κ1) is 17.4. The minimum atomic E-state index is -0.566. The number of rotatable bonds is 4. The minimum absolute atomic E-state index is 0.0126. The quantitative estimate of drug-likeness (QED) is 0.422. The fourth-order valence-corrected chi connectivity index (χ4v) is 3.20. The average molecular weight is 372 g/mol. The SMILES string of the molecule is Cc1nc2cc(NC(=O)c3ccccc3[N+](=O)[O-])ccc2n1-c1ccccc1. The Morgan fingerprint density at radius 1 is 1.04 bits per heavy atom. The molecule has 1 amide bonds. The summed E-state index contributed by atoms with van der Waals surface area (Å²) in [6.45, 7) is 1.92. The zero-order valence-corrected chi connectivity index (χ0v) is 15.0. The molecule has 138 valence electrons. The summed E-state index contributed by atoms with van der Waals surface area (Å²) in [6, 6.07) is 21.1. The average Bonchev–Trinajstić information content (AvgIpc) is 3.03. The largest absolute Gasteiger partial charge is 0.322 e. The van der Waals surface area contributed by atoms with E-state index in [4.69, 9.17) is 0 Å². The third-order valence-electron chi connectivity index (χ3n) is 4.44. The molecular weight excluding hydrogens is 356 g/mol. The fourth-order valence-electron chi connectivity index (χ4n) is 3.20. The lowest BCUT2D eigenvalue weighted by molar-refractivity contribution is -0.385. The van der Waals surface area contributed by atoms with Gasteiger partial charge in [-0.05, 0) is 43.3 Å². The van der Waals surface area contributed by atoms with Gasteiger partial charge in [0.1, 0.15) is 11.4 Å². The third kappa shape index (κ3) is 3.09. The van der Waals surface area contributed by atoms with E-state index in [0.717, 1.165) is 22.5 Å². The molecular formula is C21H16N4O3. The number of anilines is 1. The van der Waals surface area contributed by atoms with Crippen LogP contribution in [-0.4, -0.2) is 20.4 Å². The normalized spacial score (nSPS) is 10.8. The van der Waals surface area contributed by atoms with Gasteiger partial charge in [0.15, 0.2) is 0 Å². The highest BCUT2D eigenvalue weighted by Crippen LogP contribution is 2.25. The van der Waals surface area contributed by atoms with Crippen molar-refractivity contribution in [2.45, 2.75) is 6.92 Å². The molecule has 0 fully saturated rings. The van der Waals surface area contributed by atoms with Gasteiger partial charge in [0.2, 0.25) is 0 Å². The van der Waals surface area contributed by atoms with Crippen molar-refractivity contribution in [1.82, 2.24) is 9.55 Å². The molecule has 7 nitrogen and oxygen atoms in total. The van der Waals surface area contributed by atoms with Crippen LogP contribution in [0.25, 0.3) is 16.7 Å². The number of hydrogen-bond donors (Lipinski definition) is 1. The van der Waals surface area contributed by atoms with Gasteiger partial charge in [0, 0.05) is 17.4 Å². The Hall–Kier alpha value is -4.00. The van der Waals surface area contributed by atoms with Crippen molar-refractivity contribution in [3.8, 4) is 5.69 Å². The molecule has 0 spiro atoms. The Labute approximate surface area is 160 Å². The van der Waals surface area contributed by atoms with Crippen LogP contribution in [0.3, 0.4) is 0 Å². The summed E-state index contributed by atoms with van der Waals surface area (Å²) < 4.78 is 2.03. The summed E-state index contributed by atoms with van der Waals surface area (Å²) >= 11 is 0. The number of para-hydroxylation sites is 2. The lowest BCUT2D eigenvalue weighted by atomic mass is 10.1. The van der Waals surface area contributed by atoms with Gasteiger partial charge in [-0.1, -0.05) is 30.3 Å². The Balaban J connectivity index is 1.68. The summed E-state index contributed by atoms with van der Waals surface area (Å²) in [7, 11) is 0. The number of carbonyl (C=O) groups is 1. The van der Waals surface area contributed by atoms with Crippen LogP contribution in [0.4, 0.5) is 11.4 Å². The maximum Gasteiger partial charge on any atom is 0.282 e. The number of nitro benzene ring substituents is 1. The van der Waals surface area contributed by atoms with E-state index >= 15 is 0 Å². The molecule has 0 bridgehead atoms. The van der Waals surface area contributed by atoms with Crippen LogP contribution in [-0.2, 0) is 0 Å². The standard InChI is InChI=1S/C21H16N4O3/c1-14-22-18-13-15(11-12-20(18)24(14)16-7-3-2-4-8-16)23-21(26)17-9-5-6-10-19(17)25(27)28/h2-13H,1H3,(H,23,26). The highest BCUT2D eigenvalue weighted by molar-refractivity contribution is 6.07. The molecule has 0 aliphatic carbocycles. The van der Waals surface area contributed by atoms with Crippen molar-refractivity contribution in [3.05, 3.63) is 94.3 Å². The molecule has 0 atom stereocenters. The number of aromatic nitrogens is 2. The van der Waals surface area contributed by atoms with Crippen molar-refractivity contribution in [1.29, 1.82) is 0 Å². The number of benzene rings is 3. The number of imidazole rings is 1. The van der Waals surface area contributed by atoms with Crippen LogP contribution in [0.1, 0.15) is 16.2 Å². The molecule has 3 aromatic carbocycles. The second-order valence-corrected chi connectivity index (χ2v) is 6.26. The Morgan fingerprint density at radius 2 is 1.75 bits per heavy atom. The smallest absolute Gasteiger partial charge is 0.282 e. The van der Waals surface area contributed by atoms with Crippen molar-refractivity contribution >= 4 is 28.3 Å². The first-order chi connectivity index (χ1) is 13.5. The predicted octanol–water partition coefficient (Wildman–Crippen LogP) is 4.49. The van der Waals surface area contributed by atoms with Crippen LogP contribution in [0.15, 0.2) is 72.8 Å². The molecule has 28 heavy (non-hydrogen) atoms. The van der Waals surface area contributed by atoms with Gasteiger partial charge >= 0.3 is 0 Å². The van der Waals surface area contributed by atoms with Crippen LogP contribution < -0.4 is 5.32 Å². The zero-order valence-electron chi connectivity index (χ0n) is 15.0. The highest BCUT2D eigenvalue weighted by Gasteiger charge is 2.19. The Morgan fingerprint density at radius 3 is 2.50 bits per heavy atom. The van der Waals surface area contributed by atoms with Crippen LogP contribution in [0, 0.1) is 17.0 Å². The number of fused-ring (bicyclic) bond motifs is 1. The van der Waals surface area contributed by atoms with Crippen LogP contribution in [0.2, 0.25) is 0 Å². The van der Waals surface area contributed by atoms with E-state index in [2.05, 4.69) is 10.3 Å². The van der Waals surface area contributed by atoms with E-state index in [1.54, 1.807) is 18.2 Å². The molecule has 0 aliphatic rings. The molecule has 0 saturated carbocycles. The molecule has 7 heteroatoms. The number of nitrogens with zero attached hydrogens (tertiary/aromatic N) is 3. The maximum absolute atomic E-state index is 12.5. The van der Waals surface area contributed by atoms with Gasteiger partial charge in [-0.3, -0.25) is 19.5 Å². The van der Waals surface area contributed by atoms with Crippen LogP contribution in [0.5, 0.6) is 0 Å². The Kier molecular flexibility index (Phi) is 4.33. The number of amides is 1. The second kappa shape index (κ2) is 6.96. The van der Waals surface area contributed by atoms with Crippen molar-refractivity contribution in [3.63, 3.8) is 0 Å². The van der Waals surface area contributed by atoms with Gasteiger partial charge in [0.05, 0.1) is 16.0 Å². The van der Waals surface area contributed by atoms with Gasteiger partial charge in [-0.15, -0.1) is 0 Å². The lowest BCUT2D eigenvalue weighted by Gasteiger charge is -2.08. The number of aryl methyl sites for hydroxylation is 1. The molecule has 1 N–H and O–H groups in total. The summed E-state index contributed by atoms with van der Waals surface area (Å²) in [5.74, 6) is 0.286. The molecule has 4 rings (SSSR count). The number of nitrogens with one attached hydrogen (secondary N) is 1. The third-order valence-corrected chi connectivity index (χ3v) is 4.44. The van der Waals surface area contributed by atoms with Crippen molar-refractivity contribution < 1.29 is 9.72 Å². The summed E-state index contributed by atoms with van der Waals surface area (Å²) in [4.78, 5) is 27.7. The summed E-state index contributed by atoms with van der Waals surface area (Å²) in [5, 5.41) is 13.9. The minimum Gasteiger partial charge on any atom is -0.322 e. The monoisotopic (exact) mass is 372 g/mol. The molecule has 1 aromatic heterocycles. The van der Waals surface area contributed by atoms with E-state index in [1.807, 2.05) is 47.9 Å². The van der Waals surface area contributed by atoms with Gasteiger partial charge < -0.3 is 5.32 Å². The maximum atomic E-state index is 12.5. The van der Waals surface area contributed by atoms with E-state index in [9.17, 15) is 14.9 Å². The van der Waals surface area contributed by atoms with Gasteiger partial charge in [0.25, 0.3) is 11.6 Å². The second-order valence-electron chi connectivity index (χ2n) is 6.26. The highest BCUT2D eigenvalue weighted by atomic mass is 16.6. The predicted molar refractivity (Wildman–Crippen MR) is 107 cm³/mol. The Bertz CT molecular complexity index is 1200. The van der Waals surface area contributed by atoms with Crippen LogP contribution >= 0.6 is 0 Å². The molecule has 0 unspecified atom stereocenters. The van der Waals surface area contributed by atoms with E-state index in [1.165, 1.54) is 18.2 Å². The van der Waals surface area contributed by atoms with Crippen molar-refractivity contribution in [2.75, 3.05) is 5.32 Å². The number of hydrogen-bond acceptors (Lipinski definition) is 4. The molecule has 0 saturated heterocycles. The van der Waals surface area contributed by atoms with Crippen molar-refractivity contribution in [2.24, 2.45) is 0 Å². The topological polar surface area (TPSA) is 90.1 Å². The molecule has 0 radical (unpaired) electrons. The molecule has 4 aromatic rings. The fraction of sp³-hybridized carbons (Fsp3) is 0.0476. The summed E-state index contributed by atoms with van der Waals surface area (Å²) in [6.07, 6.45) is 0. The lowest BCUT2D eigenvalue weighted by Crippen LogP contribution is -2.13. The first-order valence-electron chi connectivity index (χ1n) is 8.64. The first-order valence-corrected chi connectivity index (χ1v) is 8.64. The number of carbonyl (C=O) groups excluding carboxylic acids is 1. The van der Waals surface area contributed by atoms with E-state index in [0.29, 0.717) is 5.69 Å². The van der Waals surface area contributed by atoms with E-state index < -0.39 is 10.8 Å². The summed E-state index contributed by atoms with van der Waals surface area (Å²) in [5.41, 5.74) is 2.94. The van der Waals surface area contributed by atoms with Gasteiger partial charge in [-0.2, -0.15) is 0 Å². The molecule has 1 heterocycles. The zero-order chi connectivity index (χ0) is 19.7. The molecule has 0 aliphatic heterocycles. The van der Waals surface area contributed by atoms with Gasteiger partial charge in [-0.25, -0.2) is 4.98 Å².